The topological polar surface area (TPSA) is 66.2 Å². The van der Waals surface area contributed by atoms with Crippen LogP contribution < -0.4 is 10.0 Å². The molecule has 5 nitrogen and oxygen atoms in total. The molecule has 27 heavy (non-hydrogen) atoms. The number of rotatable bonds is 3. The van der Waals surface area contributed by atoms with Crippen molar-refractivity contribution in [1.82, 2.24) is 0 Å². The number of hydrogen-bond donors (Lipinski definition) is 1. The van der Waals surface area contributed by atoms with Gasteiger partial charge in [-0.3, -0.25) is 0 Å². The van der Waals surface area contributed by atoms with E-state index in [2.05, 4.69) is 28.0 Å². The number of nitrogens with one attached hydrogen (secondary N) is 1. The Morgan fingerprint density at radius 1 is 1.41 bits per heavy atom. The number of likely N-dealkylation sites (N-methyl/N-ethyl adjacent to an activating group) is 1. The van der Waals surface area contributed by atoms with Gasteiger partial charge in [-0.1, -0.05) is 27.7 Å². The number of benzene rings is 1. The van der Waals surface area contributed by atoms with E-state index >= 15 is 0 Å². The first kappa shape index (κ1) is 20.0. The predicted molar refractivity (Wildman–Crippen MR) is 109 cm³/mol. The third kappa shape index (κ3) is 4.78. The third-order valence-corrected chi connectivity index (χ3v) is 5.87. The van der Waals surface area contributed by atoms with Crippen LogP contribution in [0.5, 0.6) is 5.75 Å². The van der Waals surface area contributed by atoms with Crippen LogP contribution in [-0.4, -0.2) is 31.4 Å². The van der Waals surface area contributed by atoms with Crippen LogP contribution in [0.2, 0.25) is 0 Å². The van der Waals surface area contributed by atoms with E-state index in [1.165, 1.54) is 33.4 Å². The van der Waals surface area contributed by atoms with E-state index in [9.17, 15) is 9.90 Å². The molecular weight excluding hydrogens is 428 g/mol. The highest BCUT2D eigenvalue weighted by molar-refractivity contribution is 9.10. The zero-order valence-corrected chi connectivity index (χ0v) is 18.3. The lowest BCUT2D eigenvalue weighted by Crippen LogP contribution is -3.08. The molecule has 1 N–H and O–H groups in total. The molecular formula is C20H23BrN2O3S. The van der Waals surface area contributed by atoms with Gasteiger partial charge in [-0.25, -0.2) is 9.79 Å². The van der Waals surface area contributed by atoms with Crippen molar-refractivity contribution in [2.45, 2.75) is 39.3 Å². The molecule has 0 aliphatic carbocycles. The number of carbonyl (C=O) groups is 1. The Morgan fingerprint density at radius 2 is 2.15 bits per heavy atom. The molecule has 144 valence electrons. The number of aliphatic imine (C=N–C) groups is 1. The molecule has 1 aromatic carbocycles. The number of thiophene rings is 1. The summed E-state index contributed by atoms with van der Waals surface area (Å²) in [6.07, 6.45) is 2.36. The summed E-state index contributed by atoms with van der Waals surface area (Å²) >= 11 is 4.89. The lowest BCUT2D eigenvalue weighted by Gasteiger charge is -2.22. The largest absolute Gasteiger partial charge is 0.872 e. The van der Waals surface area contributed by atoms with E-state index in [1.807, 2.05) is 20.8 Å². The average Bonchev–Trinajstić information content (AvgIpc) is 2.91. The van der Waals surface area contributed by atoms with Gasteiger partial charge in [-0.2, -0.15) is 0 Å². The molecule has 1 aliphatic rings. The van der Waals surface area contributed by atoms with Crippen LogP contribution in [-0.2, 0) is 17.7 Å². The van der Waals surface area contributed by atoms with Crippen LogP contribution >= 0.6 is 27.3 Å². The summed E-state index contributed by atoms with van der Waals surface area (Å²) in [5.41, 5.74) is 1.50. The summed E-state index contributed by atoms with van der Waals surface area (Å²) < 4.78 is 6.44. The first-order chi connectivity index (χ1) is 12.6. The fourth-order valence-corrected chi connectivity index (χ4v) is 4.66. The summed E-state index contributed by atoms with van der Waals surface area (Å²) in [6.45, 7) is 7.41. The summed E-state index contributed by atoms with van der Waals surface area (Å²) in [4.78, 5) is 20.0. The quantitative estimate of drug-likeness (QED) is 0.577. The van der Waals surface area contributed by atoms with Crippen molar-refractivity contribution in [3.05, 3.63) is 44.2 Å². The Morgan fingerprint density at radius 3 is 2.85 bits per heavy atom. The van der Waals surface area contributed by atoms with Gasteiger partial charge in [0.1, 0.15) is 22.7 Å². The molecule has 1 aromatic heterocycles. The van der Waals surface area contributed by atoms with Crippen molar-refractivity contribution in [1.29, 1.82) is 0 Å². The SMILES string of the molecule is C[NH+]1CCc2c(sc(/N=C/c3cc(Br)ccc3[O-])c2C(=O)OC(C)(C)C)C1. The van der Waals surface area contributed by atoms with Crippen molar-refractivity contribution < 1.29 is 19.5 Å². The van der Waals surface area contributed by atoms with Crippen LogP contribution in [0.25, 0.3) is 0 Å². The number of ether oxygens (including phenoxy) is 1. The van der Waals surface area contributed by atoms with Gasteiger partial charge in [-0.15, -0.1) is 11.3 Å². The Bertz CT molecular complexity index is 899. The molecule has 0 fully saturated rings. The maximum absolute atomic E-state index is 12.9. The van der Waals surface area contributed by atoms with Crippen LogP contribution in [0.1, 0.15) is 47.1 Å². The number of esters is 1. The zero-order valence-electron chi connectivity index (χ0n) is 15.9. The molecule has 0 bridgehead atoms. The van der Waals surface area contributed by atoms with Crippen LogP contribution in [0, 0.1) is 0 Å². The fourth-order valence-electron chi connectivity index (χ4n) is 2.98. The molecule has 7 heteroatoms. The van der Waals surface area contributed by atoms with Gasteiger partial charge in [0, 0.05) is 17.1 Å². The molecule has 1 unspecified atom stereocenters. The highest BCUT2D eigenvalue weighted by atomic mass is 79.9. The minimum absolute atomic E-state index is 0.105. The number of hydrogen-bond acceptors (Lipinski definition) is 5. The zero-order chi connectivity index (χ0) is 19.8. The lowest BCUT2D eigenvalue weighted by atomic mass is 10.0. The van der Waals surface area contributed by atoms with Gasteiger partial charge in [0.2, 0.25) is 0 Å². The van der Waals surface area contributed by atoms with Gasteiger partial charge >= 0.3 is 5.97 Å². The summed E-state index contributed by atoms with van der Waals surface area (Å²) in [6, 6.07) is 4.93. The third-order valence-electron chi connectivity index (χ3n) is 4.23. The number of fused-ring (bicyclic) bond motifs is 1. The minimum Gasteiger partial charge on any atom is -0.872 e. The summed E-state index contributed by atoms with van der Waals surface area (Å²) in [7, 11) is 2.14. The Kier molecular flexibility index (Phi) is 5.74. The second kappa shape index (κ2) is 7.73. The van der Waals surface area contributed by atoms with Gasteiger partial charge < -0.3 is 14.7 Å². The van der Waals surface area contributed by atoms with Crippen molar-refractivity contribution in [2.75, 3.05) is 13.6 Å². The Labute approximate surface area is 171 Å². The van der Waals surface area contributed by atoms with E-state index in [1.54, 1.807) is 12.1 Å². The molecule has 3 rings (SSSR count). The summed E-state index contributed by atoms with van der Waals surface area (Å²) in [5.74, 6) is -0.449. The first-order valence-corrected chi connectivity index (χ1v) is 10.4. The molecule has 2 heterocycles. The van der Waals surface area contributed by atoms with E-state index in [0.29, 0.717) is 16.1 Å². The molecule has 1 atom stereocenters. The number of quaternary nitrogens is 1. The second-order valence-electron chi connectivity index (χ2n) is 7.76. The predicted octanol–water partition coefficient (Wildman–Crippen LogP) is 2.86. The molecule has 1 aliphatic heterocycles. The molecule has 0 amide bonds. The van der Waals surface area contributed by atoms with Crippen molar-refractivity contribution in [2.24, 2.45) is 4.99 Å². The van der Waals surface area contributed by atoms with Crippen LogP contribution in [0.3, 0.4) is 0 Å². The van der Waals surface area contributed by atoms with Crippen molar-refractivity contribution in [3.8, 4) is 5.75 Å². The first-order valence-electron chi connectivity index (χ1n) is 8.84. The average molecular weight is 451 g/mol. The van der Waals surface area contributed by atoms with E-state index < -0.39 is 5.60 Å². The molecule has 0 spiro atoms. The minimum atomic E-state index is -0.573. The standard InChI is InChI=1S/C20H23BrN2O3S/c1-20(2,3)26-19(25)17-14-7-8-23(4)11-16(14)27-18(17)22-10-12-9-13(21)5-6-15(12)24/h5-6,9-10,24H,7-8,11H2,1-4H3/b22-10+. The molecule has 0 saturated heterocycles. The number of halogens is 1. The van der Waals surface area contributed by atoms with E-state index in [0.717, 1.165) is 29.5 Å². The summed E-state index contributed by atoms with van der Waals surface area (Å²) in [5, 5.41) is 12.6. The van der Waals surface area contributed by atoms with Crippen LogP contribution in [0.15, 0.2) is 27.7 Å². The van der Waals surface area contributed by atoms with Crippen LogP contribution in [0.4, 0.5) is 5.00 Å². The van der Waals surface area contributed by atoms with Gasteiger partial charge in [0.05, 0.1) is 18.5 Å². The highest BCUT2D eigenvalue weighted by Gasteiger charge is 2.31. The van der Waals surface area contributed by atoms with Gasteiger partial charge in [0.25, 0.3) is 0 Å². The smallest absolute Gasteiger partial charge is 0.342 e. The van der Waals surface area contributed by atoms with E-state index in [-0.39, 0.29) is 11.7 Å². The highest BCUT2D eigenvalue weighted by Crippen LogP contribution is 2.38. The maximum atomic E-state index is 12.9. The number of nitrogens with zero attached hydrogens (tertiary/aromatic N) is 1. The Balaban J connectivity index is 2.02. The second-order valence-corrected chi connectivity index (χ2v) is 9.76. The molecule has 0 radical (unpaired) electrons. The van der Waals surface area contributed by atoms with Gasteiger partial charge in [0.15, 0.2) is 0 Å². The lowest BCUT2D eigenvalue weighted by molar-refractivity contribution is -0.895. The van der Waals surface area contributed by atoms with Gasteiger partial charge in [-0.05, 0) is 44.0 Å². The van der Waals surface area contributed by atoms with Crippen molar-refractivity contribution >= 4 is 44.5 Å². The Hall–Kier alpha value is -1.70. The number of carbonyl (C=O) groups excluding carboxylic acids is 1. The molecule has 0 saturated carbocycles. The maximum Gasteiger partial charge on any atom is 0.342 e. The van der Waals surface area contributed by atoms with Crippen molar-refractivity contribution in [3.63, 3.8) is 0 Å². The fraction of sp³-hybridized carbons (Fsp3) is 0.400. The van der Waals surface area contributed by atoms with E-state index in [4.69, 9.17) is 4.74 Å². The molecule has 2 aromatic rings. The monoisotopic (exact) mass is 450 g/mol. The normalized spacial score (nSPS) is 17.1.